The first kappa shape index (κ1) is 12.5. The second kappa shape index (κ2) is 4.86. The molecule has 2 aromatic carbocycles. The molecule has 0 saturated heterocycles. The topological polar surface area (TPSA) is 29.3 Å². The molecule has 1 saturated carbocycles. The van der Waals surface area contributed by atoms with E-state index >= 15 is 0 Å². The Balaban J connectivity index is 1.83. The maximum absolute atomic E-state index is 5.96. The molecule has 100 valence electrons. The predicted octanol–water partition coefficient (Wildman–Crippen LogP) is 3.41. The summed E-state index contributed by atoms with van der Waals surface area (Å²) in [4.78, 5) is 2.36. The Hall–Kier alpha value is -1.54. The number of nitrogens with two attached hydrogens (primary N) is 1. The van der Waals surface area contributed by atoms with E-state index < -0.39 is 0 Å². The van der Waals surface area contributed by atoms with E-state index in [1.165, 1.54) is 35.7 Å². The van der Waals surface area contributed by atoms with Crippen molar-refractivity contribution in [1.29, 1.82) is 0 Å². The lowest BCUT2D eigenvalue weighted by molar-refractivity contribution is 0.154. The van der Waals surface area contributed by atoms with E-state index in [0.717, 1.165) is 13.1 Å². The van der Waals surface area contributed by atoms with Gasteiger partial charge >= 0.3 is 0 Å². The van der Waals surface area contributed by atoms with Crippen LogP contribution in [0, 0.1) is 5.41 Å². The zero-order chi connectivity index (χ0) is 13.3. The summed E-state index contributed by atoms with van der Waals surface area (Å²) in [5, 5.41) is 2.61. The van der Waals surface area contributed by atoms with Crippen molar-refractivity contribution in [2.75, 3.05) is 25.0 Å². The quantitative estimate of drug-likeness (QED) is 0.906. The van der Waals surface area contributed by atoms with Crippen LogP contribution in [-0.4, -0.2) is 20.1 Å². The fourth-order valence-corrected chi connectivity index (χ4v) is 3.11. The number of anilines is 1. The molecule has 0 aromatic heterocycles. The third-order valence-corrected chi connectivity index (χ3v) is 4.59. The summed E-state index contributed by atoms with van der Waals surface area (Å²) in [6.45, 7) is 1.88. The van der Waals surface area contributed by atoms with Crippen LogP contribution in [0.3, 0.4) is 0 Å². The smallest absolute Gasteiger partial charge is 0.0370 e. The van der Waals surface area contributed by atoms with E-state index in [-0.39, 0.29) is 0 Å². The van der Waals surface area contributed by atoms with E-state index in [1.807, 2.05) is 0 Å². The fraction of sp³-hybridized carbons (Fsp3) is 0.412. The highest BCUT2D eigenvalue weighted by atomic mass is 15.1. The Labute approximate surface area is 115 Å². The minimum absolute atomic E-state index is 0.362. The molecule has 2 nitrogen and oxygen atoms in total. The summed E-state index contributed by atoms with van der Waals surface area (Å²) in [7, 11) is 2.18. The number of rotatable bonds is 4. The Kier molecular flexibility index (Phi) is 3.19. The van der Waals surface area contributed by atoms with Gasteiger partial charge in [-0.1, -0.05) is 36.8 Å². The summed E-state index contributed by atoms with van der Waals surface area (Å²) in [5.41, 5.74) is 7.61. The van der Waals surface area contributed by atoms with E-state index in [0.29, 0.717) is 5.41 Å². The standard InChI is InChI=1S/C17H22N2/c1-19(13-17(12-18)9-4-10-17)16-8-7-14-5-2-3-6-15(14)11-16/h2-3,5-8,11H,4,9-10,12-13,18H2,1H3. The van der Waals surface area contributed by atoms with Crippen LogP contribution in [0.25, 0.3) is 10.8 Å². The van der Waals surface area contributed by atoms with Crippen LogP contribution >= 0.6 is 0 Å². The van der Waals surface area contributed by atoms with E-state index in [2.05, 4.69) is 54.4 Å². The predicted molar refractivity (Wildman–Crippen MR) is 82.6 cm³/mol. The third-order valence-electron chi connectivity index (χ3n) is 4.59. The molecule has 0 spiro atoms. The van der Waals surface area contributed by atoms with Crippen molar-refractivity contribution >= 4 is 16.5 Å². The molecular formula is C17H22N2. The second-order valence-electron chi connectivity index (χ2n) is 5.95. The molecule has 0 atom stereocenters. The molecule has 1 aliphatic rings. The molecule has 3 rings (SSSR count). The Morgan fingerprint density at radius 1 is 1.11 bits per heavy atom. The monoisotopic (exact) mass is 254 g/mol. The van der Waals surface area contributed by atoms with Crippen molar-refractivity contribution in [3.05, 3.63) is 42.5 Å². The summed E-state index contributed by atoms with van der Waals surface area (Å²) < 4.78 is 0. The van der Waals surface area contributed by atoms with Crippen molar-refractivity contribution in [3.8, 4) is 0 Å². The summed E-state index contributed by atoms with van der Waals surface area (Å²) in [6, 6.07) is 15.2. The average molecular weight is 254 g/mol. The lowest BCUT2D eigenvalue weighted by Crippen LogP contribution is -2.46. The zero-order valence-corrected chi connectivity index (χ0v) is 11.6. The molecule has 19 heavy (non-hydrogen) atoms. The number of fused-ring (bicyclic) bond motifs is 1. The number of hydrogen-bond donors (Lipinski definition) is 1. The minimum Gasteiger partial charge on any atom is -0.374 e. The summed E-state index contributed by atoms with van der Waals surface area (Å²) >= 11 is 0. The maximum atomic E-state index is 5.96. The summed E-state index contributed by atoms with van der Waals surface area (Å²) in [6.07, 6.45) is 3.89. The molecular weight excluding hydrogens is 232 g/mol. The lowest BCUT2D eigenvalue weighted by Gasteiger charge is -2.44. The fourth-order valence-electron chi connectivity index (χ4n) is 3.11. The average Bonchev–Trinajstić information content (AvgIpc) is 2.42. The van der Waals surface area contributed by atoms with Gasteiger partial charge in [0.05, 0.1) is 0 Å². The van der Waals surface area contributed by atoms with Crippen LogP contribution in [0.15, 0.2) is 42.5 Å². The van der Waals surface area contributed by atoms with Crippen molar-refractivity contribution in [1.82, 2.24) is 0 Å². The van der Waals surface area contributed by atoms with Crippen LogP contribution < -0.4 is 10.6 Å². The first-order chi connectivity index (χ1) is 9.22. The van der Waals surface area contributed by atoms with Crippen molar-refractivity contribution in [3.63, 3.8) is 0 Å². The molecule has 0 bridgehead atoms. The van der Waals surface area contributed by atoms with Gasteiger partial charge in [-0.25, -0.2) is 0 Å². The van der Waals surface area contributed by atoms with Gasteiger partial charge in [-0.15, -0.1) is 0 Å². The minimum atomic E-state index is 0.362. The number of nitrogens with zero attached hydrogens (tertiary/aromatic N) is 1. The van der Waals surface area contributed by atoms with Gasteiger partial charge in [0.1, 0.15) is 0 Å². The van der Waals surface area contributed by atoms with Gasteiger partial charge in [0.25, 0.3) is 0 Å². The molecule has 2 N–H and O–H groups in total. The molecule has 2 aromatic rings. The van der Waals surface area contributed by atoms with Gasteiger partial charge in [0, 0.05) is 24.7 Å². The van der Waals surface area contributed by atoms with Crippen LogP contribution in [0.2, 0.25) is 0 Å². The number of benzene rings is 2. The largest absolute Gasteiger partial charge is 0.374 e. The first-order valence-electron chi connectivity index (χ1n) is 7.12. The van der Waals surface area contributed by atoms with Gasteiger partial charge in [-0.2, -0.15) is 0 Å². The molecule has 0 amide bonds. The molecule has 0 unspecified atom stereocenters. The zero-order valence-electron chi connectivity index (χ0n) is 11.6. The van der Waals surface area contributed by atoms with Gasteiger partial charge in [-0.05, 0) is 42.3 Å². The third kappa shape index (κ3) is 2.33. The maximum Gasteiger partial charge on any atom is 0.0370 e. The van der Waals surface area contributed by atoms with E-state index in [1.54, 1.807) is 0 Å². The lowest BCUT2D eigenvalue weighted by atomic mass is 9.68. The van der Waals surface area contributed by atoms with Crippen LogP contribution in [0.4, 0.5) is 5.69 Å². The van der Waals surface area contributed by atoms with E-state index in [4.69, 9.17) is 5.73 Å². The Morgan fingerprint density at radius 3 is 2.47 bits per heavy atom. The molecule has 2 heteroatoms. The van der Waals surface area contributed by atoms with Gasteiger partial charge in [0.2, 0.25) is 0 Å². The summed E-state index contributed by atoms with van der Waals surface area (Å²) in [5.74, 6) is 0. The Morgan fingerprint density at radius 2 is 1.84 bits per heavy atom. The van der Waals surface area contributed by atoms with Gasteiger partial charge in [-0.3, -0.25) is 0 Å². The van der Waals surface area contributed by atoms with Crippen LogP contribution in [0.1, 0.15) is 19.3 Å². The van der Waals surface area contributed by atoms with Crippen molar-refractivity contribution in [2.45, 2.75) is 19.3 Å². The normalized spacial score (nSPS) is 17.2. The molecule has 1 fully saturated rings. The Bertz CT molecular complexity index is 567. The van der Waals surface area contributed by atoms with Crippen LogP contribution in [0.5, 0.6) is 0 Å². The molecule has 0 aliphatic heterocycles. The number of hydrogen-bond acceptors (Lipinski definition) is 2. The molecule has 1 aliphatic carbocycles. The van der Waals surface area contributed by atoms with Crippen molar-refractivity contribution in [2.24, 2.45) is 11.1 Å². The van der Waals surface area contributed by atoms with Gasteiger partial charge < -0.3 is 10.6 Å². The highest BCUT2D eigenvalue weighted by Crippen LogP contribution is 2.41. The SMILES string of the molecule is CN(CC1(CN)CCC1)c1ccc2ccccc2c1. The van der Waals surface area contributed by atoms with Crippen molar-refractivity contribution < 1.29 is 0 Å². The highest BCUT2D eigenvalue weighted by Gasteiger charge is 2.36. The molecule has 0 radical (unpaired) electrons. The second-order valence-corrected chi connectivity index (χ2v) is 5.95. The van der Waals surface area contributed by atoms with Gasteiger partial charge in [0.15, 0.2) is 0 Å². The van der Waals surface area contributed by atoms with E-state index in [9.17, 15) is 0 Å². The highest BCUT2D eigenvalue weighted by molar-refractivity contribution is 5.85. The van der Waals surface area contributed by atoms with Crippen LogP contribution in [-0.2, 0) is 0 Å². The first-order valence-corrected chi connectivity index (χ1v) is 7.12. The molecule has 0 heterocycles.